The van der Waals surface area contributed by atoms with Crippen molar-refractivity contribution >= 4 is 22.8 Å². The zero-order valence-electron chi connectivity index (χ0n) is 17.8. The number of primary amides is 1. The smallest absolute Gasteiger partial charge is 0.481 e. The van der Waals surface area contributed by atoms with E-state index in [4.69, 9.17) is 15.4 Å². The van der Waals surface area contributed by atoms with Gasteiger partial charge in [-0.25, -0.2) is 0 Å². The van der Waals surface area contributed by atoms with Gasteiger partial charge in [-0.3, -0.25) is 9.59 Å². The van der Waals surface area contributed by atoms with Crippen LogP contribution in [0.25, 0.3) is 33.7 Å². The number of hydrogen-bond acceptors (Lipinski definition) is 6. The van der Waals surface area contributed by atoms with Crippen molar-refractivity contribution in [2.45, 2.75) is 31.5 Å². The lowest BCUT2D eigenvalue weighted by molar-refractivity contribution is -0.274. The third-order valence-corrected chi connectivity index (χ3v) is 5.87. The van der Waals surface area contributed by atoms with Gasteiger partial charge in [0, 0.05) is 39.2 Å². The fourth-order valence-electron chi connectivity index (χ4n) is 4.42. The largest absolute Gasteiger partial charge is 0.573 e. The molecule has 2 aromatic heterocycles. The quantitative estimate of drug-likeness (QED) is 0.367. The number of carboxylic acid groups (broad SMARTS) is 1. The molecule has 1 atom stereocenters. The van der Waals surface area contributed by atoms with Crippen molar-refractivity contribution in [3.05, 3.63) is 53.2 Å². The number of fused-ring (bicyclic) bond motifs is 3. The molecule has 0 saturated heterocycles. The summed E-state index contributed by atoms with van der Waals surface area (Å²) in [6.45, 7) is 0. The number of carboxylic acids is 1. The number of aliphatic carboxylic acids is 1. The van der Waals surface area contributed by atoms with E-state index in [-0.39, 0.29) is 35.2 Å². The van der Waals surface area contributed by atoms with E-state index in [1.807, 2.05) is 12.1 Å². The molecule has 1 aliphatic carbocycles. The van der Waals surface area contributed by atoms with E-state index in [1.165, 1.54) is 6.07 Å². The summed E-state index contributed by atoms with van der Waals surface area (Å²) in [5.41, 5.74) is 8.43. The van der Waals surface area contributed by atoms with Crippen molar-refractivity contribution in [3.63, 3.8) is 0 Å². The van der Waals surface area contributed by atoms with Gasteiger partial charge >= 0.3 is 12.3 Å². The minimum atomic E-state index is -4.97. The number of nitrogens with zero attached hydrogens (tertiary/aromatic N) is 2. The highest BCUT2D eigenvalue weighted by molar-refractivity contribution is 5.94. The van der Waals surface area contributed by atoms with Gasteiger partial charge in [-0.15, -0.1) is 13.2 Å². The maximum Gasteiger partial charge on any atom is 0.573 e. The number of nitrogens with one attached hydrogen (secondary N) is 1. The van der Waals surface area contributed by atoms with Gasteiger partial charge in [0.2, 0.25) is 11.7 Å². The number of nitrogens with two attached hydrogens (primary N) is 1. The fraction of sp³-hybridized carbons (Fsp3) is 0.217. The number of aromatic amines is 1. The maximum atomic E-state index is 12.7. The number of halogens is 3. The Labute approximate surface area is 194 Å². The molecule has 1 unspecified atom stereocenters. The number of H-pyrrole nitrogens is 1. The Kier molecular flexibility index (Phi) is 5.23. The zero-order valence-corrected chi connectivity index (χ0v) is 17.8. The molecule has 0 fully saturated rings. The number of alkyl halides is 3. The van der Waals surface area contributed by atoms with E-state index in [9.17, 15) is 22.8 Å². The van der Waals surface area contributed by atoms with Crippen LogP contribution < -0.4 is 10.5 Å². The first kappa shape index (κ1) is 22.4. The van der Waals surface area contributed by atoms with Crippen LogP contribution in [0.4, 0.5) is 13.2 Å². The van der Waals surface area contributed by atoms with Crippen molar-refractivity contribution in [3.8, 4) is 28.6 Å². The van der Waals surface area contributed by atoms with Gasteiger partial charge < -0.3 is 25.1 Å². The van der Waals surface area contributed by atoms with E-state index in [1.54, 1.807) is 6.07 Å². The lowest BCUT2D eigenvalue weighted by atomic mass is 10.0. The number of aryl methyl sites for hydroxylation is 1. The van der Waals surface area contributed by atoms with Crippen LogP contribution in [0.15, 0.2) is 40.9 Å². The highest BCUT2D eigenvalue weighted by Gasteiger charge is 2.32. The molecule has 4 N–H and O–H groups in total. The summed E-state index contributed by atoms with van der Waals surface area (Å²) in [6.07, 6.45) is -3.46. The average molecular weight is 486 g/mol. The predicted molar refractivity (Wildman–Crippen MR) is 116 cm³/mol. The molecular formula is C23H17F3N4O5. The standard InChI is InChI=1S/C23H17F3N4O5/c24-23(25,26)34-14-6-12(20(27)33)5-13(7-14)22-29-21(30-35-22)11-2-4-17-16(8-11)15-3-1-10(9-18(31)32)19(15)28-17/h2,4-8,10,28H,1,3,9H2,(H2,27,33)(H,31,32). The van der Waals surface area contributed by atoms with Crippen LogP contribution in [-0.4, -0.2) is 38.5 Å². The molecule has 0 saturated carbocycles. The molecule has 9 nitrogen and oxygen atoms in total. The summed E-state index contributed by atoms with van der Waals surface area (Å²) in [5.74, 6) is -2.49. The van der Waals surface area contributed by atoms with Crippen LogP contribution in [-0.2, 0) is 11.2 Å². The predicted octanol–water partition coefficient (Wildman–Crippen LogP) is 4.39. The molecule has 2 aromatic carbocycles. The second-order valence-corrected chi connectivity index (χ2v) is 8.19. The van der Waals surface area contributed by atoms with Gasteiger partial charge in [-0.1, -0.05) is 5.16 Å². The highest BCUT2D eigenvalue weighted by atomic mass is 19.4. The first-order chi connectivity index (χ1) is 16.6. The van der Waals surface area contributed by atoms with Gasteiger partial charge in [0.05, 0.1) is 6.42 Å². The molecule has 0 spiro atoms. The average Bonchev–Trinajstić information content (AvgIpc) is 3.48. The van der Waals surface area contributed by atoms with Crippen molar-refractivity contribution in [2.75, 3.05) is 0 Å². The first-order valence-electron chi connectivity index (χ1n) is 10.5. The fourth-order valence-corrected chi connectivity index (χ4v) is 4.42. The summed E-state index contributed by atoms with van der Waals surface area (Å²) < 4.78 is 47.3. The molecule has 2 heterocycles. The van der Waals surface area contributed by atoms with Crippen molar-refractivity contribution in [1.29, 1.82) is 0 Å². The minimum Gasteiger partial charge on any atom is -0.481 e. The van der Waals surface area contributed by atoms with Crippen molar-refractivity contribution in [2.24, 2.45) is 5.73 Å². The topological polar surface area (TPSA) is 144 Å². The van der Waals surface area contributed by atoms with Gasteiger partial charge in [-0.05, 0) is 54.8 Å². The number of benzene rings is 2. The Hall–Kier alpha value is -4.35. The summed E-state index contributed by atoms with van der Waals surface area (Å²) in [6, 6.07) is 8.53. The lowest BCUT2D eigenvalue weighted by Gasteiger charge is -2.10. The van der Waals surface area contributed by atoms with Gasteiger partial charge in [-0.2, -0.15) is 4.98 Å². The number of carbonyl (C=O) groups excluding carboxylic acids is 1. The number of ether oxygens (including phenoxy) is 1. The monoisotopic (exact) mass is 486 g/mol. The normalized spacial score (nSPS) is 15.3. The Morgan fingerprint density at radius 3 is 2.71 bits per heavy atom. The summed E-state index contributed by atoms with van der Waals surface area (Å²) >= 11 is 0. The molecule has 5 rings (SSSR count). The minimum absolute atomic E-state index is 0.0272. The van der Waals surface area contributed by atoms with E-state index in [0.717, 1.165) is 47.1 Å². The number of rotatable bonds is 6. The van der Waals surface area contributed by atoms with Crippen LogP contribution in [0.1, 0.15) is 40.4 Å². The molecule has 0 bridgehead atoms. The van der Waals surface area contributed by atoms with Gasteiger partial charge in [0.15, 0.2) is 0 Å². The van der Waals surface area contributed by atoms with Crippen LogP contribution in [0.3, 0.4) is 0 Å². The molecule has 1 amide bonds. The third-order valence-electron chi connectivity index (χ3n) is 5.87. The van der Waals surface area contributed by atoms with Gasteiger partial charge in [0.1, 0.15) is 5.75 Å². The van der Waals surface area contributed by atoms with Crippen molar-refractivity contribution in [1.82, 2.24) is 15.1 Å². The van der Waals surface area contributed by atoms with Gasteiger partial charge in [0.25, 0.3) is 5.89 Å². The molecule has 0 aliphatic heterocycles. The molecular weight excluding hydrogens is 469 g/mol. The molecule has 35 heavy (non-hydrogen) atoms. The number of carbonyl (C=O) groups is 2. The Bertz CT molecular complexity index is 1470. The molecule has 0 radical (unpaired) electrons. The van der Waals surface area contributed by atoms with Crippen LogP contribution in [0.5, 0.6) is 5.75 Å². The highest BCUT2D eigenvalue weighted by Crippen LogP contribution is 2.40. The van der Waals surface area contributed by atoms with E-state index in [2.05, 4.69) is 19.9 Å². The van der Waals surface area contributed by atoms with E-state index in [0.29, 0.717) is 5.56 Å². The number of amides is 1. The second-order valence-electron chi connectivity index (χ2n) is 8.19. The van der Waals surface area contributed by atoms with Crippen molar-refractivity contribution < 1.29 is 37.1 Å². The van der Waals surface area contributed by atoms with Crippen LogP contribution in [0, 0.1) is 0 Å². The third kappa shape index (κ3) is 4.42. The van der Waals surface area contributed by atoms with E-state index < -0.39 is 24.0 Å². The summed E-state index contributed by atoms with van der Waals surface area (Å²) in [4.78, 5) is 30.3. The number of hydrogen-bond donors (Lipinski definition) is 3. The van der Waals surface area contributed by atoms with Crippen LogP contribution in [0.2, 0.25) is 0 Å². The number of aromatic nitrogens is 3. The molecule has 4 aromatic rings. The Morgan fingerprint density at radius 1 is 1.20 bits per heavy atom. The maximum absolute atomic E-state index is 12.7. The van der Waals surface area contributed by atoms with Crippen LogP contribution >= 0.6 is 0 Å². The second kappa shape index (κ2) is 8.15. The molecule has 1 aliphatic rings. The molecule has 180 valence electrons. The summed E-state index contributed by atoms with van der Waals surface area (Å²) in [5, 5.41) is 14.0. The Morgan fingerprint density at radius 2 is 2.00 bits per heavy atom. The molecule has 12 heteroatoms. The lowest BCUT2D eigenvalue weighted by Crippen LogP contribution is -2.18. The zero-order chi connectivity index (χ0) is 24.9. The first-order valence-corrected chi connectivity index (χ1v) is 10.5. The summed E-state index contributed by atoms with van der Waals surface area (Å²) in [7, 11) is 0. The Balaban J connectivity index is 1.50. The van der Waals surface area contributed by atoms with E-state index >= 15 is 0 Å². The SMILES string of the molecule is NC(=O)c1cc(OC(F)(F)F)cc(-c2nc(-c3ccc4[nH]c5c(c4c3)CCC5CC(=O)O)no2)c1.